The van der Waals surface area contributed by atoms with Crippen LogP contribution in [0.1, 0.15) is 23.2 Å². The van der Waals surface area contributed by atoms with Gasteiger partial charge in [0.25, 0.3) is 0 Å². The highest BCUT2D eigenvalue weighted by Crippen LogP contribution is 2.33. The molecule has 0 bridgehead atoms. The third-order valence-electron chi connectivity index (χ3n) is 4.10. The van der Waals surface area contributed by atoms with E-state index in [1.807, 2.05) is 30.3 Å². The van der Waals surface area contributed by atoms with E-state index in [0.717, 1.165) is 11.8 Å². The third-order valence-corrected chi connectivity index (χ3v) is 4.10. The molecule has 0 aliphatic rings. The lowest BCUT2D eigenvalue weighted by atomic mass is 10.1. The molecule has 0 saturated heterocycles. The van der Waals surface area contributed by atoms with Crippen LogP contribution in [0.2, 0.25) is 0 Å². The molecular formula is C19H17F3N6. The number of nitrogens with zero attached hydrogens (tertiary/aromatic N) is 4. The Morgan fingerprint density at radius 3 is 2.57 bits per heavy atom. The molecule has 3 rings (SSSR count). The van der Waals surface area contributed by atoms with Crippen LogP contribution in [0.3, 0.4) is 0 Å². The molecule has 2 heterocycles. The number of halogens is 3. The summed E-state index contributed by atoms with van der Waals surface area (Å²) in [6.45, 7) is 0.239. The van der Waals surface area contributed by atoms with Crippen molar-refractivity contribution >= 4 is 11.6 Å². The SMILES string of the molecule is N#Cc1c(CCCNc2ncccc2C(F)(F)F)nn(-c2ccccc2)c1N. The molecule has 9 heteroatoms. The number of pyridine rings is 1. The zero-order chi connectivity index (χ0) is 20.1. The van der Waals surface area contributed by atoms with Gasteiger partial charge >= 0.3 is 6.18 Å². The first kappa shape index (κ1) is 19.2. The van der Waals surface area contributed by atoms with Crippen molar-refractivity contribution in [2.45, 2.75) is 19.0 Å². The Hall–Kier alpha value is -3.54. The number of aromatic nitrogens is 3. The number of nitrogens with one attached hydrogen (secondary N) is 1. The molecule has 0 fully saturated rings. The Bertz CT molecular complexity index is 989. The van der Waals surface area contributed by atoms with Crippen LogP contribution in [0.4, 0.5) is 24.8 Å². The van der Waals surface area contributed by atoms with Gasteiger partial charge in [-0.05, 0) is 37.1 Å². The molecule has 0 atom stereocenters. The number of hydrogen-bond acceptors (Lipinski definition) is 5. The lowest BCUT2D eigenvalue weighted by molar-refractivity contribution is -0.137. The van der Waals surface area contributed by atoms with Crippen LogP contribution in [0, 0.1) is 11.3 Å². The minimum Gasteiger partial charge on any atom is -0.382 e. The maximum Gasteiger partial charge on any atom is 0.419 e. The third kappa shape index (κ3) is 4.06. The van der Waals surface area contributed by atoms with E-state index in [0.29, 0.717) is 18.5 Å². The van der Waals surface area contributed by atoms with Crippen molar-refractivity contribution in [3.05, 3.63) is 65.5 Å². The predicted octanol–water partition coefficient (Wildman–Crippen LogP) is 3.78. The summed E-state index contributed by atoms with van der Waals surface area (Å²) in [5, 5.41) is 16.5. The molecule has 28 heavy (non-hydrogen) atoms. The van der Waals surface area contributed by atoms with Crippen molar-refractivity contribution in [3.63, 3.8) is 0 Å². The van der Waals surface area contributed by atoms with Crippen molar-refractivity contribution in [2.75, 3.05) is 17.6 Å². The van der Waals surface area contributed by atoms with Gasteiger partial charge in [0.2, 0.25) is 0 Å². The zero-order valence-electron chi connectivity index (χ0n) is 14.7. The van der Waals surface area contributed by atoms with E-state index in [2.05, 4.69) is 21.5 Å². The molecule has 3 aromatic rings. The highest BCUT2D eigenvalue weighted by Gasteiger charge is 2.33. The standard InChI is InChI=1S/C19H17F3N6/c20-19(21,22)15-8-4-10-25-18(15)26-11-5-9-16-14(12-23)17(24)28(27-16)13-6-2-1-3-7-13/h1-4,6-8,10H,5,9,11,24H2,(H,25,26). The summed E-state index contributed by atoms with van der Waals surface area (Å²) in [6.07, 6.45) is -2.34. The van der Waals surface area contributed by atoms with Gasteiger partial charge in [0.05, 0.1) is 16.9 Å². The van der Waals surface area contributed by atoms with Gasteiger partial charge in [0, 0.05) is 12.7 Å². The first-order valence-electron chi connectivity index (χ1n) is 8.50. The van der Waals surface area contributed by atoms with E-state index in [1.165, 1.54) is 16.9 Å². The number of benzene rings is 1. The van der Waals surface area contributed by atoms with E-state index in [9.17, 15) is 18.4 Å². The molecule has 0 radical (unpaired) electrons. The maximum atomic E-state index is 13.0. The van der Waals surface area contributed by atoms with E-state index in [-0.39, 0.29) is 23.7 Å². The van der Waals surface area contributed by atoms with Gasteiger partial charge in [-0.15, -0.1) is 0 Å². The Kier molecular flexibility index (Phi) is 5.49. The Labute approximate surface area is 159 Å². The van der Waals surface area contributed by atoms with Crippen LogP contribution in [0.15, 0.2) is 48.7 Å². The smallest absolute Gasteiger partial charge is 0.382 e. The molecule has 0 unspecified atom stereocenters. The summed E-state index contributed by atoms with van der Waals surface area (Å²) in [4.78, 5) is 3.76. The summed E-state index contributed by atoms with van der Waals surface area (Å²) < 4.78 is 40.4. The average Bonchev–Trinajstić information content (AvgIpc) is 3.01. The zero-order valence-corrected chi connectivity index (χ0v) is 14.7. The Morgan fingerprint density at radius 1 is 1.14 bits per heavy atom. The summed E-state index contributed by atoms with van der Waals surface area (Å²) in [5.74, 6) is 0.0191. The number of nitriles is 1. The fourth-order valence-electron chi connectivity index (χ4n) is 2.78. The molecule has 1 aromatic carbocycles. The van der Waals surface area contributed by atoms with Crippen molar-refractivity contribution in [1.82, 2.24) is 14.8 Å². The summed E-state index contributed by atoms with van der Waals surface area (Å²) in [5.41, 5.74) is 6.73. The van der Waals surface area contributed by atoms with Crippen molar-refractivity contribution in [3.8, 4) is 11.8 Å². The summed E-state index contributed by atoms with van der Waals surface area (Å²) in [6, 6.07) is 13.4. The quantitative estimate of drug-likeness (QED) is 0.629. The number of para-hydroxylation sites is 1. The molecule has 0 amide bonds. The number of nitrogens with two attached hydrogens (primary N) is 1. The van der Waals surface area contributed by atoms with Gasteiger partial charge in [0.1, 0.15) is 23.3 Å². The van der Waals surface area contributed by atoms with Crippen molar-refractivity contribution in [2.24, 2.45) is 0 Å². The number of hydrogen-bond donors (Lipinski definition) is 2. The Balaban J connectivity index is 1.69. The lowest BCUT2D eigenvalue weighted by Crippen LogP contribution is -2.13. The highest BCUT2D eigenvalue weighted by atomic mass is 19.4. The lowest BCUT2D eigenvalue weighted by Gasteiger charge is -2.12. The van der Waals surface area contributed by atoms with Gasteiger partial charge in [-0.1, -0.05) is 18.2 Å². The van der Waals surface area contributed by atoms with E-state index in [4.69, 9.17) is 5.73 Å². The van der Waals surface area contributed by atoms with Gasteiger partial charge in [0.15, 0.2) is 0 Å². The number of nitrogen functional groups attached to an aromatic ring is 1. The number of alkyl halides is 3. The molecule has 144 valence electrons. The van der Waals surface area contributed by atoms with Crippen LogP contribution < -0.4 is 11.1 Å². The predicted molar refractivity (Wildman–Crippen MR) is 98.7 cm³/mol. The minimum atomic E-state index is -4.48. The van der Waals surface area contributed by atoms with Gasteiger partial charge < -0.3 is 11.1 Å². The molecular weight excluding hydrogens is 369 g/mol. The van der Waals surface area contributed by atoms with E-state index >= 15 is 0 Å². The molecule has 0 aliphatic carbocycles. The largest absolute Gasteiger partial charge is 0.419 e. The minimum absolute atomic E-state index is 0.218. The van der Waals surface area contributed by atoms with Crippen molar-refractivity contribution in [1.29, 1.82) is 5.26 Å². The molecule has 6 nitrogen and oxygen atoms in total. The van der Waals surface area contributed by atoms with E-state index < -0.39 is 11.7 Å². The fourth-order valence-corrected chi connectivity index (χ4v) is 2.78. The van der Waals surface area contributed by atoms with Crippen molar-refractivity contribution < 1.29 is 13.2 Å². The van der Waals surface area contributed by atoms with E-state index in [1.54, 1.807) is 0 Å². The van der Waals surface area contributed by atoms with Crippen LogP contribution in [0.25, 0.3) is 5.69 Å². The first-order chi connectivity index (χ1) is 13.4. The highest BCUT2D eigenvalue weighted by molar-refractivity contribution is 5.56. The van der Waals surface area contributed by atoms with Crippen LogP contribution >= 0.6 is 0 Å². The van der Waals surface area contributed by atoms with Crippen LogP contribution in [0.5, 0.6) is 0 Å². The molecule has 3 N–H and O–H groups in total. The Morgan fingerprint density at radius 2 is 1.89 bits per heavy atom. The molecule has 2 aromatic heterocycles. The second-order valence-electron chi connectivity index (χ2n) is 5.99. The summed E-state index contributed by atoms with van der Waals surface area (Å²) in [7, 11) is 0. The van der Waals surface area contributed by atoms with Crippen LogP contribution in [-0.4, -0.2) is 21.3 Å². The second kappa shape index (κ2) is 8.00. The molecule has 0 spiro atoms. The fraction of sp³-hybridized carbons (Fsp3) is 0.211. The topological polar surface area (TPSA) is 92.5 Å². The van der Waals surface area contributed by atoms with Gasteiger partial charge in [-0.25, -0.2) is 9.67 Å². The number of aryl methyl sites for hydroxylation is 1. The monoisotopic (exact) mass is 386 g/mol. The van der Waals surface area contributed by atoms with Gasteiger partial charge in [-0.2, -0.15) is 23.5 Å². The van der Waals surface area contributed by atoms with Crippen LogP contribution in [-0.2, 0) is 12.6 Å². The number of rotatable bonds is 6. The molecule has 0 aliphatic heterocycles. The average molecular weight is 386 g/mol. The number of anilines is 2. The maximum absolute atomic E-state index is 13.0. The first-order valence-corrected chi connectivity index (χ1v) is 8.50. The normalized spacial score (nSPS) is 11.2. The summed E-state index contributed by atoms with van der Waals surface area (Å²) >= 11 is 0. The second-order valence-corrected chi connectivity index (χ2v) is 5.99. The molecule has 0 saturated carbocycles. The van der Waals surface area contributed by atoms with Gasteiger partial charge in [-0.3, -0.25) is 0 Å².